The standard InChI is InChI=1S/C13H24N2O4/c1-2-9-5-3-4-6-10(9)15-13(19)14-8-7-11(16)12(17)18/h9-11,16H,2-8H2,1H3,(H,17,18)(H2,14,15,19)/t9?,10?,11-/m0/s1. The minimum Gasteiger partial charge on any atom is -0.479 e. The van der Waals surface area contributed by atoms with Gasteiger partial charge in [0.2, 0.25) is 0 Å². The molecular weight excluding hydrogens is 248 g/mol. The van der Waals surface area contributed by atoms with Crippen molar-refractivity contribution in [1.29, 1.82) is 0 Å². The second-order valence-corrected chi connectivity index (χ2v) is 5.10. The third-order valence-electron chi connectivity index (χ3n) is 3.74. The van der Waals surface area contributed by atoms with Gasteiger partial charge in [-0.25, -0.2) is 9.59 Å². The maximum absolute atomic E-state index is 11.7. The smallest absolute Gasteiger partial charge is 0.332 e. The maximum atomic E-state index is 11.7. The molecule has 4 N–H and O–H groups in total. The molecule has 1 fully saturated rings. The highest BCUT2D eigenvalue weighted by atomic mass is 16.4. The average Bonchev–Trinajstić information content (AvgIpc) is 2.39. The van der Waals surface area contributed by atoms with Crippen molar-refractivity contribution in [2.75, 3.05) is 6.54 Å². The normalized spacial score (nSPS) is 24.5. The number of carbonyl (C=O) groups excluding carboxylic acids is 1. The van der Waals surface area contributed by atoms with Gasteiger partial charge in [-0.1, -0.05) is 26.2 Å². The molecule has 19 heavy (non-hydrogen) atoms. The number of aliphatic hydroxyl groups excluding tert-OH is 1. The van der Waals surface area contributed by atoms with Crippen LogP contribution >= 0.6 is 0 Å². The van der Waals surface area contributed by atoms with Crippen LogP contribution in [0.2, 0.25) is 0 Å². The van der Waals surface area contributed by atoms with E-state index in [4.69, 9.17) is 10.2 Å². The Labute approximate surface area is 113 Å². The van der Waals surface area contributed by atoms with Crippen LogP contribution in [0.4, 0.5) is 4.79 Å². The Morgan fingerprint density at radius 2 is 2.00 bits per heavy atom. The van der Waals surface area contributed by atoms with Crippen LogP contribution in [0.15, 0.2) is 0 Å². The molecule has 110 valence electrons. The molecule has 1 rings (SSSR count). The van der Waals surface area contributed by atoms with Crippen LogP contribution in [0.3, 0.4) is 0 Å². The first kappa shape index (κ1) is 15.8. The molecule has 0 heterocycles. The highest BCUT2D eigenvalue weighted by molar-refractivity contribution is 5.74. The molecule has 3 atom stereocenters. The Balaban J connectivity index is 2.24. The first-order valence-electron chi connectivity index (χ1n) is 6.99. The number of urea groups is 1. The summed E-state index contributed by atoms with van der Waals surface area (Å²) in [5, 5.41) is 23.1. The summed E-state index contributed by atoms with van der Waals surface area (Å²) in [6.07, 6.45) is 4.18. The zero-order valence-corrected chi connectivity index (χ0v) is 11.4. The molecule has 2 unspecified atom stereocenters. The van der Waals surface area contributed by atoms with Gasteiger partial charge in [-0.2, -0.15) is 0 Å². The largest absolute Gasteiger partial charge is 0.479 e. The van der Waals surface area contributed by atoms with E-state index in [0.717, 1.165) is 25.7 Å². The van der Waals surface area contributed by atoms with Gasteiger partial charge in [0.1, 0.15) is 0 Å². The molecule has 0 aromatic rings. The van der Waals surface area contributed by atoms with Gasteiger partial charge in [-0.15, -0.1) is 0 Å². The molecule has 0 radical (unpaired) electrons. The van der Waals surface area contributed by atoms with Crippen molar-refractivity contribution in [3.63, 3.8) is 0 Å². The van der Waals surface area contributed by atoms with Crippen LogP contribution in [0.1, 0.15) is 45.4 Å². The number of carboxylic acid groups (broad SMARTS) is 1. The van der Waals surface area contributed by atoms with Crippen molar-refractivity contribution in [2.24, 2.45) is 5.92 Å². The molecule has 2 amide bonds. The summed E-state index contributed by atoms with van der Waals surface area (Å²) in [5.74, 6) is -0.732. The van der Waals surface area contributed by atoms with E-state index < -0.39 is 12.1 Å². The number of hydrogen-bond donors (Lipinski definition) is 4. The number of rotatable bonds is 6. The first-order chi connectivity index (χ1) is 9.04. The van der Waals surface area contributed by atoms with Gasteiger partial charge in [0.05, 0.1) is 0 Å². The highest BCUT2D eigenvalue weighted by Gasteiger charge is 2.24. The zero-order chi connectivity index (χ0) is 14.3. The minimum atomic E-state index is -1.42. The SMILES string of the molecule is CCC1CCCCC1NC(=O)NCC[C@H](O)C(=O)O. The Bertz CT molecular complexity index is 309. The predicted octanol–water partition coefficient (Wildman–Crippen LogP) is 1.09. The summed E-state index contributed by atoms with van der Waals surface area (Å²) >= 11 is 0. The highest BCUT2D eigenvalue weighted by Crippen LogP contribution is 2.26. The van der Waals surface area contributed by atoms with Crippen LogP contribution in [-0.4, -0.2) is 40.9 Å². The first-order valence-corrected chi connectivity index (χ1v) is 6.99. The van der Waals surface area contributed by atoms with Gasteiger partial charge in [0, 0.05) is 19.0 Å². The molecule has 6 nitrogen and oxygen atoms in total. The van der Waals surface area contributed by atoms with Crippen LogP contribution in [0.25, 0.3) is 0 Å². The molecule has 0 spiro atoms. The molecule has 0 aromatic heterocycles. The van der Waals surface area contributed by atoms with E-state index in [0.29, 0.717) is 5.92 Å². The van der Waals surface area contributed by atoms with Crippen molar-refractivity contribution >= 4 is 12.0 Å². The lowest BCUT2D eigenvalue weighted by molar-refractivity contribution is -0.146. The van der Waals surface area contributed by atoms with Gasteiger partial charge < -0.3 is 20.8 Å². The van der Waals surface area contributed by atoms with Gasteiger partial charge in [-0.05, 0) is 18.8 Å². The summed E-state index contributed by atoms with van der Waals surface area (Å²) in [5.41, 5.74) is 0. The number of nitrogens with one attached hydrogen (secondary N) is 2. The molecule has 0 aliphatic heterocycles. The summed E-state index contributed by atoms with van der Waals surface area (Å²) in [4.78, 5) is 22.1. The number of aliphatic carboxylic acids is 1. The average molecular weight is 272 g/mol. The Morgan fingerprint density at radius 3 is 2.63 bits per heavy atom. The number of aliphatic hydroxyl groups is 1. The van der Waals surface area contributed by atoms with Crippen molar-refractivity contribution < 1.29 is 19.8 Å². The summed E-state index contributed by atoms with van der Waals surface area (Å²) in [6.45, 7) is 2.29. The van der Waals surface area contributed by atoms with E-state index in [-0.39, 0.29) is 25.0 Å². The molecule has 1 aliphatic rings. The molecule has 1 aliphatic carbocycles. The lowest BCUT2D eigenvalue weighted by atomic mass is 9.83. The van der Waals surface area contributed by atoms with Crippen LogP contribution in [0.5, 0.6) is 0 Å². The number of carbonyl (C=O) groups is 2. The zero-order valence-electron chi connectivity index (χ0n) is 11.4. The van der Waals surface area contributed by atoms with Gasteiger partial charge in [0.15, 0.2) is 6.10 Å². The summed E-state index contributed by atoms with van der Waals surface area (Å²) < 4.78 is 0. The molecular formula is C13H24N2O4. The van der Waals surface area contributed by atoms with E-state index in [1.165, 1.54) is 6.42 Å². The van der Waals surface area contributed by atoms with E-state index in [2.05, 4.69) is 17.6 Å². The number of carboxylic acids is 1. The Hall–Kier alpha value is -1.30. The van der Waals surface area contributed by atoms with E-state index in [1.54, 1.807) is 0 Å². The predicted molar refractivity (Wildman–Crippen MR) is 70.8 cm³/mol. The molecule has 0 aromatic carbocycles. The second kappa shape index (κ2) is 7.99. The third-order valence-corrected chi connectivity index (χ3v) is 3.74. The van der Waals surface area contributed by atoms with E-state index in [9.17, 15) is 9.59 Å². The van der Waals surface area contributed by atoms with Crippen molar-refractivity contribution in [2.45, 2.75) is 57.6 Å². The lowest BCUT2D eigenvalue weighted by Gasteiger charge is -2.31. The van der Waals surface area contributed by atoms with Crippen molar-refractivity contribution in [3.8, 4) is 0 Å². The maximum Gasteiger partial charge on any atom is 0.332 e. The fraction of sp³-hybridized carbons (Fsp3) is 0.846. The van der Waals surface area contributed by atoms with Crippen LogP contribution in [-0.2, 0) is 4.79 Å². The van der Waals surface area contributed by atoms with Gasteiger partial charge in [0.25, 0.3) is 0 Å². The summed E-state index contributed by atoms with van der Waals surface area (Å²) in [6, 6.07) is -0.0638. The van der Waals surface area contributed by atoms with Crippen LogP contribution < -0.4 is 10.6 Å². The van der Waals surface area contributed by atoms with Gasteiger partial charge in [-0.3, -0.25) is 0 Å². The topological polar surface area (TPSA) is 98.7 Å². The molecule has 0 bridgehead atoms. The monoisotopic (exact) mass is 272 g/mol. The summed E-state index contributed by atoms with van der Waals surface area (Å²) in [7, 11) is 0. The Morgan fingerprint density at radius 1 is 1.32 bits per heavy atom. The second-order valence-electron chi connectivity index (χ2n) is 5.10. The van der Waals surface area contributed by atoms with Gasteiger partial charge >= 0.3 is 12.0 Å². The fourth-order valence-corrected chi connectivity index (χ4v) is 2.55. The number of hydrogen-bond acceptors (Lipinski definition) is 3. The molecule has 6 heteroatoms. The molecule has 1 saturated carbocycles. The van der Waals surface area contributed by atoms with Crippen molar-refractivity contribution in [1.82, 2.24) is 10.6 Å². The van der Waals surface area contributed by atoms with E-state index >= 15 is 0 Å². The third kappa shape index (κ3) is 5.46. The Kier molecular flexibility index (Phi) is 6.62. The fourth-order valence-electron chi connectivity index (χ4n) is 2.55. The number of amides is 2. The lowest BCUT2D eigenvalue weighted by Crippen LogP contribution is -2.47. The van der Waals surface area contributed by atoms with Crippen LogP contribution in [0, 0.1) is 5.92 Å². The quantitative estimate of drug-likeness (QED) is 0.581. The van der Waals surface area contributed by atoms with E-state index in [1.807, 2.05) is 0 Å². The minimum absolute atomic E-state index is 0.0185. The molecule has 0 saturated heterocycles. The van der Waals surface area contributed by atoms with Crippen molar-refractivity contribution in [3.05, 3.63) is 0 Å².